The van der Waals surface area contributed by atoms with Crippen LogP contribution in [-0.2, 0) is 10.0 Å². The molecule has 17 heavy (non-hydrogen) atoms. The lowest BCUT2D eigenvalue weighted by Crippen LogP contribution is -2.33. The summed E-state index contributed by atoms with van der Waals surface area (Å²) in [6.45, 7) is 1.74. The molecule has 0 aliphatic rings. The van der Waals surface area contributed by atoms with Crippen molar-refractivity contribution in [3.8, 4) is 12.3 Å². The fraction of sp³-hybridized carbons (Fsp3) is 0.273. The topological polar surface area (TPSA) is 46.2 Å². The number of nitrogens with one attached hydrogen (secondary N) is 1. The van der Waals surface area contributed by atoms with Crippen molar-refractivity contribution >= 4 is 26.0 Å². The zero-order chi connectivity index (χ0) is 13.1. The number of terminal acetylenes is 1. The van der Waals surface area contributed by atoms with Crippen LogP contribution in [0.4, 0.5) is 4.39 Å². The van der Waals surface area contributed by atoms with E-state index < -0.39 is 26.8 Å². The van der Waals surface area contributed by atoms with Crippen molar-refractivity contribution in [2.75, 3.05) is 0 Å². The lowest BCUT2D eigenvalue weighted by atomic mass is 10.3. The van der Waals surface area contributed by atoms with Crippen molar-refractivity contribution in [2.24, 2.45) is 0 Å². The predicted molar refractivity (Wildman–Crippen MR) is 67.3 cm³/mol. The molecule has 0 fully saturated rings. The van der Waals surface area contributed by atoms with Crippen molar-refractivity contribution < 1.29 is 12.8 Å². The van der Waals surface area contributed by atoms with Crippen molar-refractivity contribution in [3.63, 3.8) is 0 Å². The van der Waals surface area contributed by atoms with E-state index in [1.165, 1.54) is 12.1 Å². The molecule has 0 heterocycles. The summed E-state index contributed by atoms with van der Waals surface area (Å²) in [4.78, 5) is -0.408. The van der Waals surface area contributed by atoms with E-state index in [9.17, 15) is 12.8 Å². The Labute approximate surface area is 109 Å². The monoisotopic (exact) mass is 319 g/mol. The fourth-order valence-electron chi connectivity index (χ4n) is 1.18. The first-order valence-electron chi connectivity index (χ1n) is 4.84. The third-order valence-corrected chi connectivity index (χ3v) is 4.09. The summed E-state index contributed by atoms with van der Waals surface area (Å²) in [6, 6.07) is 3.09. The molecule has 1 N–H and O–H groups in total. The highest BCUT2D eigenvalue weighted by molar-refractivity contribution is 9.10. The highest BCUT2D eigenvalue weighted by atomic mass is 79.9. The number of hydrogen-bond donors (Lipinski definition) is 1. The summed E-state index contributed by atoms with van der Waals surface area (Å²) in [5.41, 5.74) is 0. The second kappa shape index (κ2) is 5.63. The van der Waals surface area contributed by atoms with Crippen LogP contribution in [0.2, 0.25) is 0 Å². The van der Waals surface area contributed by atoms with Gasteiger partial charge in [0, 0.05) is 4.47 Å². The van der Waals surface area contributed by atoms with Gasteiger partial charge in [-0.3, -0.25) is 0 Å². The van der Waals surface area contributed by atoms with Crippen LogP contribution in [-0.4, -0.2) is 14.5 Å². The Morgan fingerprint density at radius 1 is 1.59 bits per heavy atom. The zero-order valence-electron chi connectivity index (χ0n) is 9.07. The summed E-state index contributed by atoms with van der Waals surface area (Å²) < 4.78 is 39.9. The van der Waals surface area contributed by atoms with Crippen molar-refractivity contribution in [3.05, 3.63) is 28.5 Å². The Kier molecular flexibility index (Phi) is 4.69. The van der Waals surface area contributed by atoms with E-state index in [1.807, 2.05) is 0 Å². The maximum atomic E-state index is 13.5. The summed E-state index contributed by atoms with van der Waals surface area (Å²) >= 11 is 3.05. The Hall–Kier alpha value is -0.900. The van der Waals surface area contributed by atoms with Gasteiger partial charge >= 0.3 is 0 Å². The van der Waals surface area contributed by atoms with E-state index >= 15 is 0 Å². The molecule has 1 aromatic carbocycles. The van der Waals surface area contributed by atoms with Gasteiger partial charge in [-0.1, -0.05) is 28.8 Å². The molecule has 0 amide bonds. The summed E-state index contributed by atoms with van der Waals surface area (Å²) in [5.74, 6) is 1.47. The van der Waals surface area contributed by atoms with Crippen LogP contribution in [0.1, 0.15) is 13.3 Å². The molecule has 0 radical (unpaired) electrons. The molecule has 0 aliphatic heterocycles. The zero-order valence-corrected chi connectivity index (χ0v) is 11.5. The third kappa shape index (κ3) is 3.53. The van der Waals surface area contributed by atoms with Gasteiger partial charge in [0.1, 0.15) is 10.7 Å². The maximum absolute atomic E-state index is 13.5. The number of benzene rings is 1. The molecule has 0 aliphatic carbocycles. The van der Waals surface area contributed by atoms with Gasteiger partial charge in [0.05, 0.1) is 6.04 Å². The standard InChI is InChI=1S/C11H11BrFNO2S/c1-3-9(4-2)14-17(15,16)11-6-5-8(12)7-10(11)13/h1,5-7,9,14H,4H2,2H3. The van der Waals surface area contributed by atoms with Gasteiger partial charge in [-0.05, 0) is 24.6 Å². The normalized spacial score (nSPS) is 13.1. The summed E-state index contributed by atoms with van der Waals surface area (Å²) in [5, 5.41) is 0. The molecule has 1 atom stereocenters. The Morgan fingerprint density at radius 3 is 2.71 bits per heavy atom. The number of sulfonamides is 1. The smallest absolute Gasteiger partial charge is 0.207 e. The minimum Gasteiger partial charge on any atom is -0.207 e. The maximum Gasteiger partial charge on any atom is 0.244 e. The summed E-state index contributed by atoms with van der Waals surface area (Å²) in [6.07, 6.45) is 5.59. The van der Waals surface area contributed by atoms with Gasteiger partial charge in [0.2, 0.25) is 10.0 Å². The van der Waals surface area contributed by atoms with Gasteiger partial charge in [-0.15, -0.1) is 6.42 Å². The fourth-order valence-corrected chi connectivity index (χ4v) is 2.81. The largest absolute Gasteiger partial charge is 0.244 e. The highest BCUT2D eigenvalue weighted by Crippen LogP contribution is 2.19. The molecular formula is C11H11BrFNO2S. The van der Waals surface area contributed by atoms with Crippen LogP contribution < -0.4 is 4.72 Å². The quantitative estimate of drug-likeness (QED) is 0.865. The van der Waals surface area contributed by atoms with E-state index in [0.29, 0.717) is 10.9 Å². The van der Waals surface area contributed by atoms with Gasteiger partial charge in [0.15, 0.2) is 0 Å². The minimum atomic E-state index is -3.92. The first-order valence-corrected chi connectivity index (χ1v) is 7.12. The molecule has 6 heteroatoms. The van der Waals surface area contributed by atoms with Gasteiger partial charge < -0.3 is 0 Å². The van der Waals surface area contributed by atoms with Crippen molar-refractivity contribution in [1.29, 1.82) is 0 Å². The van der Waals surface area contributed by atoms with Crippen LogP contribution >= 0.6 is 15.9 Å². The molecular weight excluding hydrogens is 309 g/mol. The predicted octanol–water partition coefficient (Wildman–Crippen LogP) is 2.28. The first-order chi connectivity index (χ1) is 7.90. The minimum absolute atomic E-state index is 0.408. The van der Waals surface area contributed by atoms with Gasteiger partial charge in [-0.2, -0.15) is 4.72 Å². The molecule has 1 aromatic rings. The number of rotatable bonds is 4. The first kappa shape index (κ1) is 14.2. The molecule has 1 rings (SSSR count). The SMILES string of the molecule is C#CC(CC)NS(=O)(=O)c1ccc(Br)cc1F. The van der Waals surface area contributed by atoms with Crippen LogP contribution in [0.3, 0.4) is 0 Å². The molecule has 0 saturated carbocycles. The van der Waals surface area contributed by atoms with E-state index in [2.05, 4.69) is 26.6 Å². The highest BCUT2D eigenvalue weighted by Gasteiger charge is 2.21. The number of halogens is 2. The van der Waals surface area contributed by atoms with Gasteiger partial charge in [0.25, 0.3) is 0 Å². The average Bonchev–Trinajstić information content (AvgIpc) is 2.25. The molecule has 1 unspecified atom stereocenters. The van der Waals surface area contributed by atoms with E-state index in [-0.39, 0.29) is 0 Å². The van der Waals surface area contributed by atoms with Crippen LogP contribution in [0, 0.1) is 18.2 Å². The van der Waals surface area contributed by atoms with Crippen molar-refractivity contribution in [1.82, 2.24) is 4.72 Å². The third-order valence-electron chi connectivity index (χ3n) is 2.09. The van der Waals surface area contributed by atoms with E-state index in [4.69, 9.17) is 6.42 Å². The molecule has 3 nitrogen and oxygen atoms in total. The lowest BCUT2D eigenvalue weighted by Gasteiger charge is -2.12. The molecule has 0 aromatic heterocycles. The lowest BCUT2D eigenvalue weighted by molar-refractivity contribution is 0.549. The second-order valence-corrected chi connectivity index (χ2v) is 5.92. The second-order valence-electron chi connectivity index (χ2n) is 3.32. The molecule has 0 bridgehead atoms. The van der Waals surface area contributed by atoms with Gasteiger partial charge in [-0.25, -0.2) is 12.8 Å². The summed E-state index contributed by atoms with van der Waals surface area (Å²) in [7, 11) is -3.92. The van der Waals surface area contributed by atoms with Crippen LogP contribution in [0.5, 0.6) is 0 Å². The van der Waals surface area contributed by atoms with E-state index in [0.717, 1.165) is 6.07 Å². The van der Waals surface area contributed by atoms with E-state index in [1.54, 1.807) is 6.92 Å². The Balaban J connectivity index is 3.10. The van der Waals surface area contributed by atoms with Crippen LogP contribution in [0.25, 0.3) is 0 Å². The van der Waals surface area contributed by atoms with Crippen LogP contribution in [0.15, 0.2) is 27.6 Å². The van der Waals surface area contributed by atoms with Crippen molar-refractivity contribution in [2.45, 2.75) is 24.3 Å². The Bertz CT molecular complexity index is 551. The molecule has 0 spiro atoms. The number of hydrogen-bond acceptors (Lipinski definition) is 2. The molecule has 92 valence electrons. The Morgan fingerprint density at radius 2 is 2.24 bits per heavy atom. The average molecular weight is 320 g/mol. The molecule has 0 saturated heterocycles.